The maximum absolute atomic E-state index is 4.83. The van der Waals surface area contributed by atoms with Crippen molar-refractivity contribution in [3.05, 3.63) is 96.7 Å². The molecule has 1 aromatic heterocycles. The minimum absolute atomic E-state index is 0.0448. The van der Waals surface area contributed by atoms with Crippen molar-refractivity contribution in [1.29, 1.82) is 0 Å². The summed E-state index contributed by atoms with van der Waals surface area (Å²) in [6.07, 6.45) is 1.91. The van der Waals surface area contributed by atoms with E-state index in [0.717, 1.165) is 5.69 Å². The molecule has 0 bridgehead atoms. The lowest BCUT2D eigenvalue weighted by Crippen LogP contribution is -2.55. The molecular formula is C26H22BN3. The molecule has 0 saturated heterocycles. The number of hydrogen-bond acceptors (Lipinski definition) is 3. The van der Waals surface area contributed by atoms with Gasteiger partial charge in [-0.15, -0.1) is 0 Å². The van der Waals surface area contributed by atoms with E-state index in [1.807, 2.05) is 6.20 Å². The van der Waals surface area contributed by atoms with Crippen molar-refractivity contribution in [3.8, 4) is 11.3 Å². The van der Waals surface area contributed by atoms with E-state index in [1.54, 1.807) is 0 Å². The average Bonchev–Trinajstić information content (AvgIpc) is 3.15. The van der Waals surface area contributed by atoms with Gasteiger partial charge in [-0.2, -0.15) is 0 Å². The van der Waals surface area contributed by atoms with E-state index in [2.05, 4.69) is 108 Å². The van der Waals surface area contributed by atoms with Crippen LogP contribution < -0.4 is 15.1 Å². The molecule has 144 valence electrons. The predicted molar refractivity (Wildman–Crippen MR) is 126 cm³/mol. The molecule has 0 saturated carbocycles. The van der Waals surface area contributed by atoms with E-state index in [9.17, 15) is 0 Å². The van der Waals surface area contributed by atoms with Crippen molar-refractivity contribution < 1.29 is 0 Å². The Morgan fingerprint density at radius 2 is 1.47 bits per heavy atom. The van der Waals surface area contributed by atoms with Gasteiger partial charge in [0.2, 0.25) is 0 Å². The van der Waals surface area contributed by atoms with Crippen LogP contribution in [0.1, 0.15) is 25.3 Å². The molecule has 3 heterocycles. The van der Waals surface area contributed by atoms with Crippen LogP contribution in [0.3, 0.4) is 0 Å². The van der Waals surface area contributed by atoms with Gasteiger partial charge < -0.3 is 9.62 Å². The second-order valence-electron chi connectivity index (χ2n) is 8.31. The third-order valence-corrected chi connectivity index (χ3v) is 6.24. The summed E-state index contributed by atoms with van der Waals surface area (Å²) in [4.78, 5) is 9.77. The van der Waals surface area contributed by atoms with Gasteiger partial charge in [0.25, 0.3) is 0 Å². The fourth-order valence-corrected chi connectivity index (χ4v) is 4.82. The fourth-order valence-electron chi connectivity index (χ4n) is 4.82. The summed E-state index contributed by atoms with van der Waals surface area (Å²) >= 11 is 0. The van der Waals surface area contributed by atoms with Crippen LogP contribution in [0.15, 0.2) is 91.1 Å². The molecule has 2 aliphatic heterocycles. The Morgan fingerprint density at radius 3 is 2.23 bits per heavy atom. The molecule has 0 spiro atoms. The molecule has 0 aliphatic carbocycles. The highest BCUT2D eigenvalue weighted by Crippen LogP contribution is 2.50. The van der Waals surface area contributed by atoms with Gasteiger partial charge in [-0.05, 0) is 53.3 Å². The smallest absolute Gasteiger partial charge is 0.360 e. The average molecular weight is 387 g/mol. The maximum Gasteiger partial charge on any atom is 0.423 e. The monoisotopic (exact) mass is 387 g/mol. The number of fused-ring (bicyclic) bond motifs is 8. The quantitative estimate of drug-likeness (QED) is 0.401. The third-order valence-electron chi connectivity index (χ3n) is 6.24. The van der Waals surface area contributed by atoms with Crippen LogP contribution in [0.25, 0.3) is 11.3 Å². The van der Waals surface area contributed by atoms with Crippen LogP contribution in [-0.2, 0) is 0 Å². The van der Waals surface area contributed by atoms with E-state index >= 15 is 0 Å². The van der Waals surface area contributed by atoms with Gasteiger partial charge in [0.05, 0.1) is 17.1 Å². The molecule has 0 amide bonds. The van der Waals surface area contributed by atoms with Crippen LogP contribution in [0.5, 0.6) is 0 Å². The molecule has 3 aromatic carbocycles. The first-order valence-electron chi connectivity index (χ1n) is 10.6. The van der Waals surface area contributed by atoms with Gasteiger partial charge in [0.1, 0.15) is 0 Å². The zero-order valence-corrected chi connectivity index (χ0v) is 17.2. The van der Waals surface area contributed by atoms with E-state index < -0.39 is 0 Å². The summed E-state index contributed by atoms with van der Waals surface area (Å²) in [5.41, 5.74) is 9.77. The molecule has 30 heavy (non-hydrogen) atoms. The van der Waals surface area contributed by atoms with E-state index in [0.29, 0.717) is 5.92 Å². The first-order chi connectivity index (χ1) is 14.7. The number of pyridine rings is 1. The summed E-state index contributed by atoms with van der Waals surface area (Å²) in [5, 5.41) is 0. The van der Waals surface area contributed by atoms with Crippen molar-refractivity contribution in [2.75, 3.05) is 9.62 Å². The van der Waals surface area contributed by atoms with Crippen molar-refractivity contribution in [2.24, 2.45) is 0 Å². The third kappa shape index (κ3) is 2.37. The number of benzene rings is 3. The van der Waals surface area contributed by atoms with Gasteiger partial charge >= 0.3 is 6.98 Å². The summed E-state index contributed by atoms with van der Waals surface area (Å²) in [5.74, 6) is 0.474. The topological polar surface area (TPSA) is 19.4 Å². The van der Waals surface area contributed by atoms with Crippen LogP contribution in [-0.4, -0.2) is 12.0 Å². The SMILES string of the molecule is CC(C)c1ccc2c(c1)N1B(c3cccnc3-2)N(c2ccccc2)c2ccccc21. The normalized spacial score (nSPS) is 13.8. The largest absolute Gasteiger partial charge is 0.423 e. The van der Waals surface area contributed by atoms with Crippen LogP contribution in [0.4, 0.5) is 22.7 Å². The standard InChI is InChI=1S/C26H22BN3/c1-18(2)19-14-15-21-25(17-19)30-24-13-7-6-12-23(24)29(20-9-4-3-5-10-20)27(30)22-11-8-16-28-26(21)22/h3-18H,1-2H3. The fraction of sp³-hybridized carbons (Fsp3) is 0.115. The Labute approximate surface area is 177 Å². The van der Waals surface area contributed by atoms with Gasteiger partial charge in [0.15, 0.2) is 0 Å². The lowest BCUT2D eigenvalue weighted by Gasteiger charge is -2.36. The number of aromatic nitrogens is 1. The predicted octanol–water partition coefficient (Wildman–Crippen LogP) is 5.87. The van der Waals surface area contributed by atoms with Crippen LogP contribution >= 0.6 is 0 Å². The second kappa shape index (κ2) is 6.49. The molecule has 0 fully saturated rings. The summed E-state index contributed by atoms with van der Waals surface area (Å²) in [7, 11) is 0. The number of para-hydroxylation sites is 3. The highest BCUT2D eigenvalue weighted by molar-refractivity contribution is 6.86. The molecule has 4 heteroatoms. The molecule has 2 aliphatic rings. The van der Waals surface area contributed by atoms with Crippen LogP contribution in [0, 0.1) is 0 Å². The molecule has 6 rings (SSSR count). The van der Waals surface area contributed by atoms with E-state index in [4.69, 9.17) is 4.98 Å². The Hall–Kier alpha value is -3.53. The van der Waals surface area contributed by atoms with Crippen LogP contribution in [0.2, 0.25) is 0 Å². The van der Waals surface area contributed by atoms with Gasteiger partial charge in [-0.1, -0.05) is 62.4 Å². The zero-order chi connectivity index (χ0) is 20.2. The van der Waals surface area contributed by atoms with E-state index in [-0.39, 0.29) is 6.98 Å². The molecular weight excluding hydrogens is 365 g/mol. The minimum atomic E-state index is 0.0448. The number of nitrogens with zero attached hydrogens (tertiary/aromatic N) is 3. The Kier molecular flexibility index (Phi) is 3.75. The van der Waals surface area contributed by atoms with E-state index in [1.165, 1.54) is 39.3 Å². The minimum Gasteiger partial charge on any atom is -0.360 e. The second-order valence-corrected chi connectivity index (χ2v) is 8.31. The molecule has 0 atom stereocenters. The molecule has 0 N–H and O–H groups in total. The number of hydrogen-bond donors (Lipinski definition) is 0. The first kappa shape index (κ1) is 17.3. The summed E-state index contributed by atoms with van der Waals surface area (Å²) in [6, 6.07) is 30.5. The van der Waals surface area contributed by atoms with Crippen molar-refractivity contribution in [2.45, 2.75) is 19.8 Å². The van der Waals surface area contributed by atoms with Crippen molar-refractivity contribution in [3.63, 3.8) is 0 Å². The summed E-state index contributed by atoms with van der Waals surface area (Å²) < 4.78 is 0. The van der Waals surface area contributed by atoms with Gasteiger partial charge in [-0.3, -0.25) is 4.98 Å². The maximum atomic E-state index is 4.83. The Balaban J connectivity index is 1.68. The van der Waals surface area contributed by atoms with Gasteiger partial charge in [-0.25, -0.2) is 0 Å². The Morgan fingerprint density at radius 1 is 0.733 bits per heavy atom. The Bertz CT molecular complexity index is 1250. The molecule has 0 unspecified atom stereocenters. The number of anilines is 4. The lowest BCUT2D eigenvalue weighted by molar-refractivity contribution is 0.867. The van der Waals surface area contributed by atoms with Crippen molar-refractivity contribution in [1.82, 2.24) is 4.98 Å². The highest BCUT2D eigenvalue weighted by atomic mass is 15.3. The van der Waals surface area contributed by atoms with Crippen molar-refractivity contribution >= 4 is 35.2 Å². The molecule has 0 radical (unpaired) electrons. The first-order valence-corrected chi connectivity index (χ1v) is 10.6. The highest BCUT2D eigenvalue weighted by Gasteiger charge is 2.48. The molecule has 3 nitrogen and oxygen atoms in total. The summed E-state index contributed by atoms with van der Waals surface area (Å²) in [6.45, 7) is 4.55. The lowest BCUT2D eigenvalue weighted by atomic mass is 9.60. The zero-order valence-electron chi connectivity index (χ0n) is 17.2. The van der Waals surface area contributed by atoms with Gasteiger partial charge in [0, 0.05) is 23.1 Å². The number of rotatable bonds is 2. The molecule has 4 aromatic rings.